The van der Waals surface area contributed by atoms with Crippen LogP contribution in [-0.2, 0) is 18.4 Å². The Bertz CT molecular complexity index is 238. The summed E-state index contributed by atoms with van der Waals surface area (Å²) < 4.78 is 23.2. The second kappa shape index (κ2) is 5.29. The van der Waals surface area contributed by atoms with Crippen LogP contribution in [0.15, 0.2) is 0 Å². The van der Waals surface area contributed by atoms with E-state index in [1.165, 1.54) is 0 Å². The van der Waals surface area contributed by atoms with Crippen LogP contribution in [0.2, 0.25) is 0 Å². The molecular formula is C3H4O8P2. The zero-order chi connectivity index (χ0) is 10.6. The second-order valence-electron chi connectivity index (χ2n) is 1.78. The minimum atomic E-state index is -3.53. The molecule has 74 valence electrons. The lowest BCUT2D eigenvalue weighted by Crippen LogP contribution is -2.34. The van der Waals surface area contributed by atoms with Crippen molar-refractivity contribution in [2.75, 3.05) is 0 Å². The Morgan fingerprint density at radius 1 is 1.31 bits per heavy atom. The number of aliphatic hydroxyl groups is 2. The van der Waals surface area contributed by atoms with Gasteiger partial charge in [0.1, 0.15) is 0 Å². The summed E-state index contributed by atoms with van der Waals surface area (Å²) in [4.78, 5) is 30.2. The summed E-state index contributed by atoms with van der Waals surface area (Å²) in [6.07, 6.45) is -2.42. The number of hydrogen-bond acceptors (Lipinski definition) is 8. The summed E-state index contributed by atoms with van der Waals surface area (Å²) in [6, 6.07) is 0. The van der Waals surface area contributed by atoms with Gasteiger partial charge in [0.05, 0.1) is 0 Å². The summed E-state index contributed by atoms with van der Waals surface area (Å²) in [5, 5.41) is 17.2. The first-order chi connectivity index (χ1) is 5.86. The van der Waals surface area contributed by atoms with E-state index in [1.807, 2.05) is 0 Å². The molecule has 4 unspecified atom stereocenters. The Labute approximate surface area is 73.6 Å². The van der Waals surface area contributed by atoms with Gasteiger partial charge in [-0.1, -0.05) is 4.57 Å². The second-order valence-corrected chi connectivity index (χ2v) is 3.51. The first kappa shape index (κ1) is 12.5. The fourth-order valence-electron chi connectivity index (χ4n) is 0.364. The molecule has 0 fully saturated rings. The number of carbonyl (C=O) groups is 1. The Morgan fingerprint density at radius 3 is 2.08 bits per heavy atom. The van der Waals surface area contributed by atoms with E-state index in [4.69, 9.17) is 10.2 Å². The fraction of sp³-hybridized carbons (Fsp3) is 0.667. The number of hydrogen-bond donors (Lipinski definition) is 2. The van der Waals surface area contributed by atoms with Crippen LogP contribution in [-0.4, -0.2) is 28.1 Å². The Morgan fingerprint density at radius 2 is 1.77 bits per heavy atom. The monoisotopic (exact) mass is 230 g/mol. The predicted molar refractivity (Wildman–Crippen MR) is 33.3 cm³/mol. The highest BCUT2D eigenvalue weighted by molar-refractivity contribution is 7.37. The maximum Gasteiger partial charge on any atom is 0.542 e. The SMILES string of the molecule is O=C(O[P+](=O)[O-])C(O)C(O)[P+](=O)[O-]. The molecule has 0 rings (SSSR count). The van der Waals surface area contributed by atoms with Crippen molar-refractivity contribution in [3.63, 3.8) is 0 Å². The summed E-state index contributed by atoms with van der Waals surface area (Å²) >= 11 is 0. The largest absolute Gasteiger partial charge is 0.593 e. The lowest BCUT2D eigenvalue weighted by Gasteiger charge is -2.05. The third-order valence-electron chi connectivity index (χ3n) is 0.904. The van der Waals surface area contributed by atoms with Crippen molar-refractivity contribution in [2.45, 2.75) is 11.9 Å². The normalized spacial score (nSPS) is 17.2. The van der Waals surface area contributed by atoms with E-state index < -0.39 is 34.2 Å². The molecule has 0 saturated heterocycles. The van der Waals surface area contributed by atoms with Crippen molar-refractivity contribution in [2.24, 2.45) is 0 Å². The van der Waals surface area contributed by atoms with Crippen LogP contribution in [0.4, 0.5) is 0 Å². The number of carbonyl (C=O) groups excluding carboxylic acids is 1. The summed E-state index contributed by atoms with van der Waals surface area (Å²) in [7, 11) is -6.98. The maximum absolute atomic E-state index is 10.4. The lowest BCUT2D eigenvalue weighted by atomic mass is 10.4. The molecule has 0 amide bonds. The van der Waals surface area contributed by atoms with Crippen LogP contribution < -0.4 is 9.79 Å². The minimum Gasteiger partial charge on any atom is -0.593 e. The van der Waals surface area contributed by atoms with Gasteiger partial charge < -0.3 is 20.0 Å². The molecule has 0 bridgehead atoms. The van der Waals surface area contributed by atoms with Crippen molar-refractivity contribution in [1.29, 1.82) is 0 Å². The highest BCUT2D eigenvalue weighted by Crippen LogP contribution is 2.21. The van der Waals surface area contributed by atoms with Gasteiger partial charge >= 0.3 is 22.3 Å². The first-order valence-electron chi connectivity index (χ1n) is 2.72. The van der Waals surface area contributed by atoms with E-state index in [9.17, 15) is 23.7 Å². The lowest BCUT2D eigenvalue weighted by molar-refractivity contribution is -0.194. The van der Waals surface area contributed by atoms with Gasteiger partial charge in [0.25, 0.3) is 5.85 Å². The Hall–Kier alpha value is -0.490. The van der Waals surface area contributed by atoms with E-state index in [1.54, 1.807) is 0 Å². The van der Waals surface area contributed by atoms with Crippen LogP contribution in [0.25, 0.3) is 0 Å². The molecule has 0 aromatic rings. The average Bonchev–Trinajstić information content (AvgIpc) is 2.00. The van der Waals surface area contributed by atoms with Gasteiger partial charge in [0.2, 0.25) is 6.10 Å². The third kappa shape index (κ3) is 4.33. The van der Waals surface area contributed by atoms with Crippen molar-refractivity contribution in [1.82, 2.24) is 0 Å². The Balaban J connectivity index is 4.25. The van der Waals surface area contributed by atoms with Crippen LogP contribution in [0.5, 0.6) is 0 Å². The van der Waals surface area contributed by atoms with Gasteiger partial charge in [0.15, 0.2) is 0 Å². The molecule has 2 N–H and O–H groups in total. The molecule has 0 radical (unpaired) electrons. The topological polar surface area (TPSA) is 147 Å². The van der Waals surface area contributed by atoms with E-state index in [0.717, 1.165) is 0 Å². The highest BCUT2D eigenvalue weighted by Gasteiger charge is 2.38. The van der Waals surface area contributed by atoms with Gasteiger partial charge in [-0.25, -0.2) is 9.32 Å². The van der Waals surface area contributed by atoms with Gasteiger partial charge in [0, 0.05) is 0 Å². The first-order valence-corrected chi connectivity index (χ1v) is 5.06. The zero-order valence-electron chi connectivity index (χ0n) is 5.89. The van der Waals surface area contributed by atoms with Crippen molar-refractivity contribution in [3.05, 3.63) is 0 Å². The molecule has 0 heterocycles. The minimum absolute atomic E-state index is 1.75. The molecule has 4 atom stereocenters. The Kier molecular flexibility index (Phi) is 5.09. The van der Waals surface area contributed by atoms with E-state index in [-0.39, 0.29) is 0 Å². The molecule has 0 aromatic heterocycles. The van der Waals surface area contributed by atoms with Crippen molar-refractivity contribution < 1.29 is 38.4 Å². The van der Waals surface area contributed by atoms with Gasteiger partial charge in [-0.05, 0) is 4.57 Å². The van der Waals surface area contributed by atoms with E-state index in [0.29, 0.717) is 0 Å². The van der Waals surface area contributed by atoms with Gasteiger partial charge in [-0.2, -0.15) is 0 Å². The molecule has 0 aromatic carbocycles. The molecule has 10 heteroatoms. The molecule has 0 aliphatic heterocycles. The van der Waals surface area contributed by atoms with E-state index in [2.05, 4.69) is 4.52 Å². The highest BCUT2D eigenvalue weighted by atomic mass is 31.1. The number of rotatable bonds is 4. The van der Waals surface area contributed by atoms with Crippen LogP contribution in [0.1, 0.15) is 0 Å². The summed E-state index contributed by atoms with van der Waals surface area (Å²) in [5.41, 5.74) is 0. The quantitative estimate of drug-likeness (QED) is 0.496. The van der Waals surface area contributed by atoms with Crippen LogP contribution in [0, 0.1) is 0 Å². The van der Waals surface area contributed by atoms with Crippen LogP contribution in [0.3, 0.4) is 0 Å². The molecule has 0 spiro atoms. The standard InChI is InChI=1S/C3H4O8P2/c4-1(3(6)12(7)8)2(5)11-13(9)10/h1,3-4,6H. The molecular weight excluding hydrogens is 226 g/mol. The maximum atomic E-state index is 10.4. The molecule has 0 saturated carbocycles. The van der Waals surface area contributed by atoms with Gasteiger partial charge in [-0.3, -0.25) is 0 Å². The summed E-state index contributed by atoms with van der Waals surface area (Å²) in [6.45, 7) is 0. The van der Waals surface area contributed by atoms with Crippen LogP contribution >= 0.6 is 16.3 Å². The van der Waals surface area contributed by atoms with Crippen molar-refractivity contribution in [3.8, 4) is 0 Å². The smallest absolute Gasteiger partial charge is 0.542 e. The van der Waals surface area contributed by atoms with Crippen molar-refractivity contribution >= 4 is 22.3 Å². The number of aliphatic hydroxyl groups excluding tert-OH is 2. The fourth-order valence-corrected chi connectivity index (χ4v) is 0.972. The molecule has 8 nitrogen and oxygen atoms in total. The predicted octanol–water partition coefficient (Wildman–Crippen LogP) is -2.67. The molecule has 13 heavy (non-hydrogen) atoms. The van der Waals surface area contributed by atoms with E-state index >= 15 is 0 Å². The zero-order valence-corrected chi connectivity index (χ0v) is 7.68. The molecule has 0 aliphatic carbocycles. The summed E-state index contributed by atoms with van der Waals surface area (Å²) in [5.74, 6) is -4.12. The van der Waals surface area contributed by atoms with Gasteiger partial charge in [-0.15, -0.1) is 0 Å². The third-order valence-corrected chi connectivity index (χ3v) is 1.95. The molecule has 0 aliphatic rings. The average molecular weight is 230 g/mol.